The Morgan fingerprint density at radius 2 is 2.05 bits per heavy atom. The number of nitrogens with one attached hydrogen (secondary N) is 1. The molecule has 0 radical (unpaired) electrons. The molecule has 0 amide bonds. The quantitative estimate of drug-likeness (QED) is 0.892. The van der Waals surface area contributed by atoms with Crippen LogP contribution in [0.2, 0.25) is 0 Å². The van der Waals surface area contributed by atoms with Crippen molar-refractivity contribution in [3.05, 3.63) is 28.0 Å². The predicted octanol–water partition coefficient (Wildman–Crippen LogP) is 4.11. The number of aryl methyl sites for hydroxylation is 1. The number of aromatic amines is 1. The summed E-state index contributed by atoms with van der Waals surface area (Å²) >= 11 is 3.52. The van der Waals surface area contributed by atoms with E-state index in [1.54, 1.807) is 0 Å². The molecule has 3 N–H and O–H groups in total. The van der Waals surface area contributed by atoms with Gasteiger partial charge in [-0.1, -0.05) is 36.7 Å². The molecule has 0 bridgehead atoms. The molecule has 0 aliphatic heterocycles. The highest BCUT2D eigenvalue weighted by Crippen LogP contribution is 2.31. The van der Waals surface area contributed by atoms with Crippen molar-refractivity contribution in [3.63, 3.8) is 0 Å². The molecule has 19 heavy (non-hydrogen) atoms. The van der Waals surface area contributed by atoms with Gasteiger partial charge in [-0.3, -0.25) is 0 Å². The van der Waals surface area contributed by atoms with Crippen LogP contribution in [0.1, 0.15) is 44.5 Å². The van der Waals surface area contributed by atoms with Crippen molar-refractivity contribution in [1.82, 2.24) is 9.97 Å². The standard InChI is InChI=1S/C15H22BrN3/c1-9-5-11(16)6-12-13(9)19-14(18-12)10(8-17)7-15(2,3)4/h5-6,10H,7-8,17H2,1-4H3,(H,18,19). The molecular formula is C15H22BrN3. The Morgan fingerprint density at radius 1 is 1.37 bits per heavy atom. The molecule has 1 aromatic heterocycles. The number of hydrogen-bond acceptors (Lipinski definition) is 2. The molecule has 1 heterocycles. The van der Waals surface area contributed by atoms with Crippen LogP contribution in [0.5, 0.6) is 0 Å². The van der Waals surface area contributed by atoms with Crippen molar-refractivity contribution >= 4 is 27.0 Å². The molecule has 2 aromatic rings. The third-order valence-electron chi connectivity index (χ3n) is 3.29. The smallest absolute Gasteiger partial charge is 0.111 e. The van der Waals surface area contributed by atoms with Gasteiger partial charge in [-0.25, -0.2) is 4.98 Å². The van der Waals surface area contributed by atoms with E-state index in [-0.39, 0.29) is 11.3 Å². The van der Waals surface area contributed by atoms with E-state index in [1.165, 1.54) is 5.56 Å². The number of H-pyrrole nitrogens is 1. The molecule has 104 valence electrons. The maximum Gasteiger partial charge on any atom is 0.111 e. The van der Waals surface area contributed by atoms with Gasteiger partial charge in [0.05, 0.1) is 11.0 Å². The lowest BCUT2D eigenvalue weighted by Gasteiger charge is -2.23. The lowest BCUT2D eigenvalue weighted by atomic mass is 9.84. The summed E-state index contributed by atoms with van der Waals surface area (Å²) in [6.07, 6.45) is 1.03. The van der Waals surface area contributed by atoms with Gasteiger partial charge in [0, 0.05) is 16.9 Å². The second-order valence-electron chi connectivity index (χ2n) is 6.44. The van der Waals surface area contributed by atoms with Crippen molar-refractivity contribution in [2.75, 3.05) is 6.54 Å². The van der Waals surface area contributed by atoms with Gasteiger partial charge in [-0.15, -0.1) is 0 Å². The first-order valence-corrected chi connectivity index (χ1v) is 7.45. The normalized spacial score (nSPS) is 14.0. The molecule has 1 unspecified atom stereocenters. The zero-order chi connectivity index (χ0) is 14.2. The summed E-state index contributed by atoms with van der Waals surface area (Å²) < 4.78 is 1.08. The summed E-state index contributed by atoms with van der Waals surface area (Å²) in [6.45, 7) is 9.41. The first-order valence-electron chi connectivity index (χ1n) is 6.66. The fourth-order valence-corrected chi connectivity index (χ4v) is 3.06. The lowest BCUT2D eigenvalue weighted by Crippen LogP contribution is -2.20. The maximum atomic E-state index is 5.93. The Labute approximate surface area is 123 Å². The Bertz CT molecular complexity index is 581. The topological polar surface area (TPSA) is 54.7 Å². The largest absolute Gasteiger partial charge is 0.342 e. The van der Waals surface area contributed by atoms with Crippen LogP contribution in [-0.4, -0.2) is 16.5 Å². The second-order valence-corrected chi connectivity index (χ2v) is 7.35. The molecule has 0 saturated heterocycles. The molecule has 1 aromatic carbocycles. The van der Waals surface area contributed by atoms with E-state index in [9.17, 15) is 0 Å². The van der Waals surface area contributed by atoms with Crippen molar-refractivity contribution in [3.8, 4) is 0 Å². The average molecular weight is 324 g/mol. The number of benzene rings is 1. The summed E-state index contributed by atoms with van der Waals surface area (Å²) in [7, 11) is 0. The molecule has 4 heteroatoms. The third kappa shape index (κ3) is 3.37. The molecule has 0 spiro atoms. The van der Waals surface area contributed by atoms with Crippen molar-refractivity contribution in [1.29, 1.82) is 0 Å². The summed E-state index contributed by atoms with van der Waals surface area (Å²) in [5.41, 5.74) is 9.49. The summed E-state index contributed by atoms with van der Waals surface area (Å²) in [5.74, 6) is 1.29. The van der Waals surface area contributed by atoms with Crippen molar-refractivity contribution in [2.45, 2.75) is 40.0 Å². The number of imidazole rings is 1. The SMILES string of the molecule is Cc1cc(Br)cc2[nH]c(C(CN)CC(C)(C)C)nc12. The van der Waals surface area contributed by atoms with Gasteiger partial charge in [0.25, 0.3) is 0 Å². The fraction of sp³-hybridized carbons (Fsp3) is 0.533. The molecule has 0 saturated carbocycles. The van der Waals surface area contributed by atoms with E-state index in [0.29, 0.717) is 6.54 Å². The summed E-state index contributed by atoms with van der Waals surface area (Å²) in [5, 5.41) is 0. The molecule has 3 nitrogen and oxygen atoms in total. The zero-order valence-electron chi connectivity index (χ0n) is 12.0. The Morgan fingerprint density at radius 3 is 2.63 bits per heavy atom. The minimum atomic E-state index is 0.249. The number of rotatable bonds is 3. The van der Waals surface area contributed by atoms with Gasteiger partial charge >= 0.3 is 0 Å². The Balaban J connectivity index is 2.42. The highest BCUT2D eigenvalue weighted by molar-refractivity contribution is 9.10. The molecule has 2 rings (SSSR count). The van der Waals surface area contributed by atoms with Gasteiger partial charge < -0.3 is 10.7 Å². The van der Waals surface area contributed by atoms with Crippen LogP contribution >= 0.6 is 15.9 Å². The van der Waals surface area contributed by atoms with E-state index >= 15 is 0 Å². The Hall–Kier alpha value is -0.870. The lowest BCUT2D eigenvalue weighted by molar-refractivity contribution is 0.337. The van der Waals surface area contributed by atoms with Crippen LogP contribution in [0.3, 0.4) is 0 Å². The second kappa shape index (κ2) is 5.25. The first-order chi connectivity index (χ1) is 8.80. The predicted molar refractivity (Wildman–Crippen MR) is 84.4 cm³/mol. The van der Waals surface area contributed by atoms with Crippen molar-refractivity contribution in [2.24, 2.45) is 11.1 Å². The molecule has 0 aliphatic carbocycles. The summed E-state index contributed by atoms with van der Waals surface area (Å²) in [4.78, 5) is 8.18. The van der Waals surface area contributed by atoms with Crippen LogP contribution < -0.4 is 5.73 Å². The van der Waals surface area contributed by atoms with E-state index in [4.69, 9.17) is 10.7 Å². The van der Waals surface area contributed by atoms with Gasteiger partial charge in [0.1, 0.15) is 5.82 Å². The average Bonchev–Trinajstić information content (AvgIpc) is 2.68. The summed E-state index contributed by atoms with van der Waals surface area (Å²) in [6, 6.07) is 4.16. The fourth-order valence-electron chi connectivity index (χ4n) is 2.49. The zero-order valence-corrected chi connectivity index (χ0v) is 13.6. The molecular weight excluding hydrogens is 302 g/mol. The molecule has 0 fully saturated rings. The number of fused-ring (bicyclic) bond motifs is 1. The van der Waals surface area contributed by atoms with Gasteiger partial charge in [-0.2, -0.15) is 0 Å². The van der Waals surface area contributed by atoms with E-state index in [1.807, 2.05) is 0 Å². The van der Waals surface area contributed by atoms with Crippen LogP contribution in [0.4, 0.5) is 0 Å². The van der Waals surface area contributed by atoms with Gasteiger partial charge in [-0.05, 0) is 36.5 Å². The van der Waals surface area contributed by atoms with Crippen LogP contribution in [0, 0.1) is 12.3 Å². The highest BCUT2D eigenvalue weighted by atomic mass is 79.9. The van der Waals surface area contributed by atoms with Crippen LogP contribution in [0.25, 0.3) is 11.0 Å². The number of hydrogen-bond donors (Lipinski definition) is 2. The van der Waals surface area contributed by atoms with Gasteiger partial charge in [0.15, 0.2) is 0 Å². The minimum absolute atomic E-state index is 0.249. The van der Waals surface area contributed by atoms with E-state index in [2.05, 4.69) is 60.7 Å². The van der Waals surface area contributed by atoms with Crippen LogP contribution in [-0.2, 0) is 0 Å². The van der Waals surface area contributed by atoms with Gasteiger partial charge in [0.2, 0.25) is 0 Å². The highest BCUT2D eigenvalue weighted by Gasteiger charge is 2.22. The van der Waals surface area contributed by atoms with E-state index < -0.39 is 0 Å². The molecule has 0 aliphatic rings. The van der Waals surface area contributed by atoms with Crippen LogP contribution in [0.15, 0.2) is 16.6 Å². The Kier molecular flexibility index (Phi) is 4.02. The number of halogens is 1. The number of nitrogens with zero attached hydrogens (tertiary/aromatic N) is 1. The maximum absolute atomic E-state index is 5.93. The minimum Gasteiger partial charge on any atom is -0.342 e. The number of nitrogens with two attached hydrogens (primary N) is 1. The molecule has 1 atom stereocenters. The van der Waals surface area contributed by atoms with Crippen molar-refractivity contribution < 1.29 is 0 Å². The first kappa shape index (κ1) is 14.5. The number of aromatic nitrogens is 2. The van der Waals surface area contributed by atoms with E-state index in [0.717, 1.165) is 27.8 Å². The monoisotopic (exact) mass is 323 g/mol. The third-order valence-corrected chi connectivity index (χ3v) is 3.75.